The number of nitrogens with zero attached hydrogens (tertiary/aromatic N) is 1. The molecule has 0 atom stereocenters. The van der Waals surface area contributed by atoms with Crippen LogP contribution in [0.3, 0.4) is 0 Å². The first-order chi connectivity index (χ1) is 11.6. The van der Waals surface area contributed by atoms with Gasteiger partial charge in [-0.2, -0.15) is 13.2 Å². The van der Waals surface area contributed by atoms with Gasteiger partial charge in [-0.15, -0.1) is 0 Å². The standard InChI is InChI=1S/C18H19F3N2O2/c1-17(2,3)12-4-6-14(7-5-12)25-11-16(24)23-13-8-9-22-15(10-13)18(19,20)21/h4-10H,11H2,1-3H3,(H,22,23,24). The number of ether oxygens (including phenoxy) is 1. The van der Waals surface area contributed by atoms with Crippen LogP contribution in [0.25, 0.3) is 0 Å². The van der Waals surface area contributed by atoms with Crippen molar-refractivity contribution in [2.24, 2.45) is 0 Å². The van der Waals surface area contributed by atoms with Crippen LogP contribution in [0.2, 0.25) is 0 Å². The molecular formula is C18H19F3N2O2. The summed E-state index contributed by atoms with van der Waals surface area (Å²) in [5.74, 6) is -0.0481. The van der Waals surface area contributed by atoms with Crippen LogP contribution in [0.1, 0.15) is 32.0 Å². The molecule has 0 aliphatic heterocycles. The summed E-state index contributed by atoms with van der Waals surface area (Å²) >= 11 is 0. The number of anilines is 1. The van der Waals surface area contributed by atoms with Gasteiger partial charge in [-0.1, -0.05) is 32.9 Å². The number of amides is 1. The molecule has 134 valence electrons. The van der Waals surface area contributed by atoms with Gasteiger partial charge in [-0.3, -0.25) is 9.78 Å². The largest absolute Gasteiger partial charge is 0.484 e. The predicted octanol–water partition coefficient (Wildman–Crippen LogP) is 4.42. The molecule has 0 spiro atoms. The lowest BCUT2D eigenvalue weighted by Gasteiger charge is -2.19. The highest BCUT2D eigenvalue weighted by molar-refractivity contribution is 5.91. The highest BCUT2D eigenvalue weighted by Crippen LogP contribution is 2.28. The first-order valence-electron chi connectivity index (χ1n) is 7.62. The predicted molar refractivity (Wildman–Crippen MR) is 88.5 cm³/mol. The second-order valence-electron chi connectivity index (χ2n) is 6.54. The van der Waals surface area contributed by atoms with Gasteiger partial charge in [-0.05, 0) is 35.2 Å². The monoisotopic (exact) mass is 352 g/mol. The van der Waals surface area contributed by atoms with Crippen LogP contribution in [-0.4, -0.2) is 17.5 Å². The van der Waals surface area contributed by atoms with Crippen molar-refractivity contribution in [3.63, 3.8) is 0 Å². The number of carbonyl (C=O) groups is 1. The second-order valence-corrected chi connectivity index (χ2v) is 6.54. The summed E-state index contributed by atoms with van der Waals surface area (Å²) in [7, 11) is 0. The Kier molecular flexibility index (Phi) is 5.35. The molecule has 1 amide bonds. The van der Waals surface area contributed by atoms with E-state index < -0.39 is 17.8 Å². The molecule has 2 aromatic rings. The van der Waals surface area contributed by atoms with Gasteiger partial charge in [0.05, 0.1) is 0 Å². The lowest BCUT2D eigenvalue weighted by molar-refractivity contribution is -0.141. The molecule has 0 unspecified atom stereocenters. The van der Waals surface area contributed by atoms with E-state index in [2.05, 4.69) is 31.1 Å². The maximum absolute atomic E-state index is 12.6. The molecule has 0 saturated heterocycles. The summed E-state index contributed by atoms with van der Waals surface area (Å²) in [6, 6.07) is 9.38. The maximum Gasteiger partial charge on any atom is 0.433 e. The molecule has 0 saturated carbocycles. The maximum atomic E-state index is 12.6. The molecule has 0 fully saturated rings. The highest BCUT2D eigenvalue weighted by atomic mass is 19.4. The smallest absolute Gasteiger partial charge is 0.433 e. The molecule has 2 rings (SSSR count). The van der Waals surface area contributed by atoms with Crippen LogP contribution in [0.5, 0.6) is 5.75 Å². The molecule has 25 heavy (non-hydrogen) atoms. The minimum absolute atomic E-state index is 0.00738. The van der Waals surface area contributed by atoms with Crippen molar-refractivity contribution >= 4 is 11.6 Å². The van der Waals surface area contributed by atoms with Crippen molar-refractivity contribution in [2.45, 2.75) is 32.4 Å². The van der Waals surface area contributed by atoms with E-state index in [0.29, 0.717) is 5.75 Å². The molecule has 0 aliphatic carbocycles. The van der Waals surface area contributed by atoms with Crippen LogP contribution < -0.4 is 10.1 Å². The topological polar surface area (TPSA) is 51.2 Å². The van der Waals surface area contributed by atoms with E-state index in [9.17, 15) is 18.0 Å². The van der Waals surface area contributed by atoms with Crippen molar-refractivity contribution in [2.75, 3.05) is 11.9 Å². The number of rotatable bonds is 4. The fraction of sp³-hybridized carbons (Fsp3) is 0.333. The summed E-state index contributed by atoms with van der Waals surface area (Å²) in [5.41, 5.74) is 0.0803. The molecule has 0 aliphatic rings. The number of carbonyl (C=O) groups excluding carboxylic acids is 1. The van der Waals surface area contributed by atoms with Crippen LogP contribution >= 0.6 is 0 Å². The van der Waals surface area contributed by atoms with Gasteiger partial charge in [0.2, 0.25) is 0 Å². The Morgan fingerprint density at radius 3 is 2.32 bits per heavy atom. The minimum atomic E-state index is -4.56. The molecule has 0 radical (unpaired) electrons. The Morgan fingerprint density at radius 1 is 1.12 bits per heavy atom. The molecular weight excluding hydrogens is 333 g/mol. The third-order valence-corrected chi connectivity index (χ3v) is 3.42. The van der Waals surface area contributed by atoms with Crippen molar-refractivity contribution in [1.82, 2.24) is 4.98 Å². The fourth-order valence-electron chi connectivity index (χ4n) is 2.06. The first-order valence-corrected chi connectivity index (χ1v) is 7.62. The van der Waals surface area contributed by atoms with Gasteiger partial charge < -0.3 is 10.1 Å². The summed E-state index contributed by atoms with van der Waals surface area (Å²) in [5, 5.41) is 2.36. The second kappa shape index (κ2) is 7.13. The summed E-state index contributed by atoms with van der Waals surface area (Å²) in [6.07, 6.45) is -3.57. The van der Waals surface area contributed by atoms with Gasteiger partial charge in [0.15, 0.2) is 6.61 Å². The number of nitrogens with one attached hydrogen (secondary N) is 1. The fourth-order valence-corrected chi connectivity index (χ4v) is 2.06. The lowest BCUT2D eigenvalue weighted by Crippen LogP contribution is -2.20. The average molecular weight is 352 g/mol. The number of alkyl halides is 3. The molecule has 1 aromatic heterocycles. The summed E-state index contributed by atoms with van der Waals surface area (Å²) < 4.78 is 43.1. The zero-order valence-electron chi connectivity index (χ0n) is 14.1. The first kappa shape index (κ1) is 18.8. The van der Waals surface area contributed by atoms with Crippen LogP contribution in [0.4, 0.5) is 18.9 Å². The molecule has 1 aromatic carbocycles. The molecule has 0 bridgehead atoms. The van der Waals surface area contributed by atoms with E-state index in [1.54, 1.807) is 12.1 Å². The Hall–Kier alpha value is -2.57. The third kappa shape index (κ3) is 5.48. The van der Waals surface area contributed by atoms with Crippen molar-refractivity contribution < 1.29 is 22.7 Å². The SMILES string of the molecule is CC(C)(C)c1ccc(OCC(=O)Nc2ccnc(C(F)(F)F)c2)cc1. The van der Waals surface area contributed by atoms with Crippen LogP contribution in [0.15, 0.2) is 42.6 Å². The van der Waals surface area contributed by atoms with Gasteiger partial charge >= 0.3 is 6.18 Å². The van der Waals surface area contributed by atoms with E-state index in [-0.39, 0.29) is 17.7 Å². The number of hydrogen-bond donors (Lipinski definition) is 1. The quantitative estimate of drug-likeness (QED) is 0.886. The van der Waals surface area contributed by atoms with Crippen molar-refractivity contribution in [3.8, 4) is 5.75 Å². The number of aromatic nitrogens is 1. The number of benzene rings is 1. The molecule has 1 N–H and O–H groups in total. The van der Waals surface area contributed by atoms with Gasteiger partial charge in [0.25, 0.3) is 5.91 Å². The summed E-state index contributed by atoms with van der Waals surface area (Å²) in [6.45, 7) is 5.94. The van der Waals surface area contributed by atoms with E-state index in [4.69, 9.17) is 4.74 Å². The van der Waals surface area contributed by atoms with Crippen LogP contribution in [-0.2, 0) is 16.4 Å². The van der Waals surface area contributed by atoms with E-state index >= 15 is 0 Å². The Bertz CT molecular complexity index is 735. The number of hydrogen-bond acceptors (Lipinski definition) is 3. The Morgan fingerprint density at radius 2 is 1.76 bits per heavy atom. The third-order valence-electron chi connectivity index (χ3n) is 3.42. The van der Waals surface area contributed by atoms with Crippen LogP contribution in [0, 0.1) is 0 Å². The number of halogens is 3. The molecule has 1 heterocycles. The van der Waals surface area contributed by atoms with Gasteiger partial charge in [-0.25, -0.2) is 0 Å². The van der Waals surface area contributed by atoms with E-state index in [1.165, 1.54) is 6.07 Å². The van der Waals surface area contributed by atoms with Crippen molar-refractivity contribution in [1.29, 1.82) is 0 Å². The molecule has 4 nitrogen and oxygen atoms in total. The highest BCUT2D eigenvalue weighted by Gasteiger charge is 2.32. The van der Waals surface area contributed by atoms with Gasteiger partial charge in [0, 0.05) is 11.9 Å². The van der Waals surface area contributed by atoms with Gasteiger partial charge in [0.1, 0.15) is 11.4 Å². The zero-order valence-corrected chi connectivity index (χ0v) is 14.1. The lowest BCUT2D eigenvalue weighted by atomic mass is 9.87. The Labute approximate surface area is 144 Å². The van der Waals surface area contributed by atoms with Crippen molar-refractivity contribution in [3.05, 3.63) is 53.9 Å². The molecule has 7 heteroatoms. The zero-order chi connectivity index (χ0) is 18.7. The number of pyridine rings is 1. The van der Waals surface area contributed by atoms with E-state index in [1.807, 2.05) is 12.1 Å². The van der Waals surface area contributed by atoms with E-state index in [0.717, 1.165) is 17.8 Å². The summed E-state index contributed by atoms with van der Waals surface area (Å²) in [4.78, 5) is 15.1. The Balaban J connectivity index is 1.93. The normalized spacial score (nSPS) is 11.9. The average Bonchev–Trinajstić information content (AvgIpc) is 2.52. The minimum Gasteiger partial charge on any atom is -0.484 e.